The third-order valence-corrected chi connectivity index (χ3v) is 4.58. The van der Waals surface area contributed by atoms with Gasteiger partial charge in [-0.25, -0.2) is 9.78 Å². The summed E-state index contributed by atoms with van der Waals surface area (Å²) in [6, 6.07) is 11.0. The summed E-state index contributed by atoms with van der Waals surface area (Å²) in [4.78, 5) is 26.1. The molecule has 0 saturated carbocycles. The maximum Gasteiger partial charge on any atom is 0.358 e. The molecule has 0 N–H and O–H groups in total. The molecule has 4 rings (SSSR count). The largest absolute Gasteiger partial charge is 0.461 e. The molecular formula is C22H18N4O2. The van der Waals surface area contributed by atoms with Crippen LogP contribution >= 0.6 is 0 Å². The number of benzene rings is 1. The van der Waals surface area contributed by atoms with Crippen LogP contribution in [-0.2, 0) is 4.74 Å². The average Bonchev–Trinajstić information content (AvgIpc) is 3.13. The highest BCUT2D eigenvalue weighted by Crippen LogP contribution is 2.32. The summed E-state index contributed by atoms with van der Waals surface area (Å²) in [7, 11) is 0. The van der Waals surface area contributed by atoms with Crippen LogP contribution in [0.5, 0.6) is 0 Å². The van der Waals surface area contributed by atoms with Gasteiger partial charge in [-0.2, -0.15) is 0 Å². The number of carbonyl (C=O) groups is 1. The van der Waals surface area contributed by atoms with E-state index >= 15 is 0 Å². The number of ether oxygens (including phenoxy) is 1. The normalized spacial score (nSPS) is 14.9. The fraction of sp³-hybridized carbons (Fsp3) is 0.182. The first-order chi connectivity index (χ1) is 13.6. The number of aromatic nitrogens is 3. The molecule has 0 aliphatic carbocycles. The molecule has 138 valence electrons. The SMILES string of the molecule is C#Cc1ccc2c(c1)C(c1ccccn1)=N[C@@H](C)c1c(C(=O)OCC)ncn1-2. The number of hydrogen-bond acceptors (Lipinski definition) is 5. The molecule has 0 fully saturated rings. The van der Waals surface area contributed by atoms with E-state index in [2.05, 4.69) is 15.9 Å². The van der Waals surface area contributed by atoms with E-state index in [1.165, 1.54) is 0 Å². The molecule has 3 aromatic rings. The van der Waals surface area contributed by atoms with Gasteiger partial charge < -0.3 is 4.74 Å². The van der Waals surface area contributed by atoms with Gasteiger partial charge in [0.1, 0.15) is 6.33 Å². The fourth-order valence-electron chi connectivity index (χ4n) is 3.36. The molecule has 0 amide bonds. The molecule has 1 aliphatic rings. The first-order valence-electron chi connectivity index (χ1n) is 8.99. The molecule has 2 aromatic heterocycles. The minimum Gasteiger partial charge on any atom is -0.461 e. The van der Waals surface area contributed by atoms with E-state index in [9.17, 15) is 4.79 Å². The Morgan fingerprint density at radius 3 is 2.86 bits per heavy atom. The van der Waals surface area contributed by atoms with Crippen LogP contribution in [0.15, 0.2) is 53.9 Å². The van der Waals surface area contributed by atoms with E-state index in [-0.39, 0.29) is 18.3 Å². The number of nitrogens with zero attached hydrogens (tertiary/aromatic N) is 4. The molecule has 0 unspecified atom stereocenters. The maximum atomic E-state index is 12.4. The van der Waals surface area contributed by atoms with Crippen molar-refractivity contribution in [3.8, 4) is 18.0 Å². The quantitative estimate of drug-likeness (QED) is 0.524. The van der Waals surface area contributed by atoms with Gasteiger partial charge in [0, 0.05) is 17.3 Å². The second kappa shape index (κ2) is 7.12. The first-order valence-corrected chi connectivity index (χ1v) is 8.99. The van der Waals surface area contributed by atoms with Crippen molar-refractivity contribution < 1.29 is 9.53 Å². The van der Waals surface area contributed by atoms with Crippen molar-refractivity contribution >= 4 is 11.7 Å². The number of pyridine rings is 1. The van der Waals surface area contributed by atoms with E-state index < -0.39 is 5.97 Å². The highest BCUT2D eigenvalue weighted by atomic mass is 16.5. The Morgan fingerprint density at radius 2 is 2.14 bits per heavy atom. The molecule has 0 saturated heterocycles. The molecule has 3 heterocycles. The zero-order valence-electron chi connectivity index (χ0n) is 15.6. The van der Waals surface area contributed by atoms with Gasteiger partial charge in [-0.3, -0.25) is 14.5 Å². The second-order valence-electron chi connectivity index (χ2n) is 6.31. The van der Waals surface area contributed by atoms with Gasteiger partial charge in [0.05, 0.1) is 35.4 Å². The van der Waals surface area contributed by atoms with Crippen molar-refractivity contribution in [1.82, 2.24) is 14.5 Å². The van der Waals surface area contributed by atoms with E-state index in [1.54, 1.807) is 19.4 Å². The lowest BCUT2D eigenvalue weighted by molar-refractivity contribution is 0.0518. The Balaban J connectivity index is 1.99. The molecule has 6 heteroatoms. The predicted molar refractivity (Wildman–Crippen MR) is 106 cm³/mol. The molecule has 1 aromatic carbocycles. The number of carbonyl (C=O) groups excluding carboxylic acids is 1. The number of rotatable bonds is 3. The van der Waals surface area contributed by atoms with Gasteiger partial charge in [0.2, 0.25) is 0 Å². The fourth-order valence-corrected chi connectivity index (χ4v) is 3.36. The van der Waals surface area contributed by atoms with Crippen LogP contribution in [0.3, 0.4) is 0 Å². The van der Waals surface area contributed by atoms with Gasteiger partial charge in [-0.05, 0) is 44.2 Å². The van der Waals surface area contributed by atoms with Crippen LogP contribution in [0.1, 0.15) is 52.9 Å². The number of terminal acetylenes is 1. The van der Waals surface area contributed by atoms with Crippen LogP contribution in [0.2, 0.25) is 0 Å². The van der Waals surface area contributed by atoms with Gasteiger partial charge in [0.25, 0.3) is 0 Å². The first kappa shape index (κ1) is 17.7. The Labute approximate surface area is 162 Å². The van der Waals surface area contributed by atoms with Crippen molar-refractivity contribution in [2.45, 2.75) is 19.9 Å². The summed E-state index contributed by atoms with van der Waals surface area (Å²) in [6.45, 7) is 3.97. The third kappa shape index (κ3) is 2.87. The molecule has 1 atom stereocenters. The van der Waals surface area contributed by atoms with Crippen molar-refractivity contribution in [1.29, 1.82) is 0 Å². The minimum atomic E-state index is -0.457. The van der Waals surface area contributed by atoms with Crippen LogP contribution < -0.4 is 0 Å². The Bertz CT molecular complexity index is 1120. The van der Waals surface area contributed by atoms with Crippen LogP contribution in [-0.4, -0.2) is 32.8 Å². The molecule has 6 nitrogen and oxygen atoms in total. The topological polar surface area (TPSA) is 69.4 Å². The average molecular weight is 370 g/mol. The summed E-state index contributed by atoms with van der Waals surface area (Å²) >= 11 is 0. The van der Waals surface area contributed by atoms with Gasteiger partial charge in [-0.1, -0.05) is 12.0 Å². The molecule has 0 spiro atoms. The van der Waals surface area contributed by atoms with E-state index in [4.69, 9.17) is 16.2 Å². The van der Waals surface area contributed by atoms with Crippen molar-refractivity contribution in [2.24, 2.45) is 4.99 Å². The summed E-state index contributed by atoms with van der Waals surface area (Å²) in [5.74, 6) is 2.21. The predicted octanol–water partition coefficient (Wildman–Crippen LogP) is 3.34. The molecular weight excluding hydrogens is 352 g/mol. The van der Waals surface area contributed by atoms with Crippen molar-refractivity contribution in [3.05, 3.63) is 77.1 Å². The van der Waals surface area contributed by atoms with Gasteiger partial charge in [0.15, 0.2) is 5.69 Å². The highest BCUT2D eigenvalue weighted by molar-refractivity contribution is 6.14. The Morgan fingerprint density at radius 1 is 1.29 bits per heavy atom. The monoisotopic (exact) mass is 370 g/mol. The van der Waals surface area contributed by atoms with Crippen molar-refractivity contribution in [2.75, 3.05) is 6.61 Å². The summed E-state index contributed by atoms with van der Waals surface area (Å²) < 4.78 is 7.06. The highest BCUT2D eigenvalue weighted by Gasteiger charge is 2.29. The van der Waals surface area contributed by atoms with Gasteiger partial charge >= 0.3 is 5.97 Å². The van der Waals surface area contributed by atoms with E-state index in [1.807, 2.05) is 47.9 Å². The second-order valence-corrected chi connectivity index (χ2v) is 6.31. The smallest absolute Gasteiger partial charge is 0.358 e. The maximum absolute atomic E-state index is 12.4. The summed E-state index contributed by atoms with van der Waals surface area (Å²) in [5, 5.41) is 0. The third-order valence-electron chi connectivity index (χ3n) is 4.58. The van der Waals surface area contributed by atoms with E-state index in [0.29, 0.717) is 5.69 Å². The number of imidazole rings is 1. The number of fused-ring (bicyclic) bond motifs is 3. The minimum absolute atomic E-state index is 0.271. The molecule has 28 heavy (non-hydrogen) atoms. The van der Waals surface area contributed by atoms with Gasteiger partial charge in [-0.15, -0.1) is 6.42 Å². The van der Waals surface area contributed by atoms with E-state index in [0.717, 1.165) is 28.2 Å². The Kier molecular flexibility index (Phi) is 4.50. The number of aliphatic imine (C=N–C) groups is 1. The number of hydrogen-bond donors (Lipinski definition) is 0. The van der Waals surface area contributed by atoms with Crippen LogP contribution in [0.4, 0.5) is 0 Å². The lowest BCUT2D eigenvalue weighted by Crippen LogP contribution is -2.11. The summed E-state index contributed by atoms with van der Waals surface area (Å²) in [6.07, 6.45) is 8.97. The Hall–Kier alpha value is -3.72. The lowest BCUT2D eigenvalue weighted by Gasteiger charge is -2.12. The molecule has 1 aliphatic heterocycles. The molecule has 0 radical (unpaired) electrons. The summed E-state index contributed by atoms with van der Waals surface area (Å²) in [5.41, 5.74) is 4.83. The van der Waals surface area contributed by atoms with Crippen LogP contribution in [0.25, 0.3) is 5.69 Å². The number of esters is 1. The lowest BCUT2D eigenvalue weighted by atomic mass is 10.0. The molecule has 0 bridgehead atoms. The zero-order valence-corrected chi connectivity index (χ0v) is 15.6. The standard InChI is InChI=1S/C22H18N4O2/c1-4-15-9-10-18-16(12-15)19(17-8-6-7-11-23-17)25-14(3)21-20(22(27)28-5-2)24-13-26(18)21/h1,6-14H,5H2,2-3H3/t14-/m0/s1. The van der Waals surface area contributed by atoms with Crippen LogP contribution in [0, 0.1) is 12.3 Å². The van der Waals surface area contributed by atoms with Crippen molar-refractivity contribution in [3.63, 3.8) is 0 Å². The zero-order chi connectivity index (χ0) is 19.7.